The molecule has 0 radical (unpaired) electrons. The monoisotopic (exact) mass is 453 g/mol. The van der Waals surface area contributed by atoms with E-state index >= 15 is 0 Å². The van der Waals surface area contributed by atoms with Gasteiger partial charge in [-0.15, -0.1) is 6.42 Å². The number of pyridine rings is 1. The third kappa shape index (κ3) is 5.64. The van der Waals surface area contributed by atoms with Crippen molar-refractivity contribution in [2.75, 3.05) is 25.1 Å². The topological polar surface area (TPSA) is 39.1 Å². The first kappa shape index (κ1) is 23.9. The van der Waals surface area contributed by atoms with Gasteiger partial charge in [-0.2, -0.15) is 0 Å². The fourth-order valence-corrected chi connectivity index (χ4v) is 4.55. The number of aromatic nitrogens is 2. The summed E-state index contributed by atoms with van der Waals surface area (Å²) >= 11 is 0. The predicted octanol–water partition coefficient (Wildman–Crippen LogP) is 5.79. The van der Waals surface area contributed by atoms with Gasteiger partial charge >= 0.3 is 0 Å². The highest BCUT2D eigenvalue weighted by atomic mass is 16.5. The number of nitrogens with zero attached hydrogens (tertiary/aromatic N) is 2. The molecule has 4 rings (SSSR count). The quantitative estimate of drug-likeness (QED) is 0.460. The Hall–Kier alpha value is -3.21. The Morgan fingerprint density at radius 3 is 2.71 bits per heavy atom. The van der Waals surface area contributed by atoms with E-state index in [0.29, 0.717) is 6.54 Å². The van der Waals surface area contributed by atoms with E-state index in [4.69, 9.17) is 11.2 Å². The molecule has 2 aromatic heterocycles. The van der Waals surface area contributed by atoms with Crippen LogP contribution >= 0.6 is 0 Å². The highest BCUT2D eigenvalue weighted by Crippen LogP contribution is 2.25. The van der Waals surface area contributed by atoms with Gasteiger partial charge in [0.2, 0.25) is 0 Å². The van der Waals surface area contributed by atoms with Crippen molar-refractivity contribution >= 4 is 16.6 Å². The van der Waals surface area contributed by atoms with Gasteiger partial charge in [0.15, 0.2) is 0 Å². The number of hydrogen-bond acceptors (Lipinski definition) is 3. The van der Waals surface area contributed by atoms with Crippen molar-refractivity contribution in [2.24, 2.45) is 5.92 Å². The number of rotatable bonds is 7. The molecule has 0 aliphatic carbocycles. The second-order valence-electron chi connectivity index (χ2n) is 9.62. The Bertz CT molecular complexity index is 1210. The fourth-order valence-electron chi connectivity index (χ4n) is 4.55. The molecule has 4 nitrogen and oxygen atoms in total. The normalized spacial score (nSPS) is 14.4. The molecule has 1 aliphatic heterocycles. The van der Waals surface area contributed by atoms with E-state index in [1.54, 1.807) is 0 Å². The zero-order valence-electron chi connectivity index (χ0n) is 20.7. The average molecular weight is 454 g/mol. The molecule has 1 aromatic carbocycles. The predicted molar refractivity (Wildman–Crippen MR) is 141 cm³/mol. The molecule has 0 atom stereocenters. The van der Waals surface area contributed by atoms with Crippen LogP contribution in [0.25, 0.3) is 10.9 Å². The lowest BCUT2D eigenvalue weighted by Gasteiger charge is -2.21. The van der Waals surface area contributed by atoms with Crippen LogP contribution in [0.2, 0.25) is 0 Å². The summed E-state index contributed by atoms with van der Waals surface area (Å²) < 4.78 is 7.79. The van der Waals surface area contributed by atoms with Crippen molar-refractivity contribution in [1.82, 2.24) is 9.55 Å². The summed E-state index contributed by atoms with van der Waals surface area (Å²) in [6.07, 6.45) is 12.2. The summed E-state index contributed by atoms with van der Waals surface area (Å²) in [7, 11) is 0. The van der Waals surface area contributed by atoms with Crippen LogP contribution in [0.4, 0.5) is 5.69 Å². The molecule has 3 heterocycles. The Morgan fingerprint density at radius 1 is 1.18 bits per heavy atom. The van der Waals surface area contributed by atoms with Crippen molar-refractivity contribution in [3.05, 3.63) is 59.5 Å². The summed E-state index contributed by atoms with van der Waals surface area (Å²) in [6, 6.07) is 13.1. The highest BCUT2D eigenvalue weighted by molar-refractivity contribution is 5.83. The number of ether oxygens (including phenoxy) is 1. The number of aryl methyl sites for hydroxylation is 2. The van der Waals surface area contributed by atoms with Crippen LogP contribution in [0, 0.1) is 30.1 Å². The van der Waals surface area contributed by atoms with Crippen molar-refractivity contribution in [3.63, 3.8) is 0 Å². The van der Waals surface area contributed by atoms with Crippen molar-refractivity contribution in [2.45, 2.75) is 58.4 Å². The Kier molecular flexibility index (Phi) is 7.61. The number of hydrogen-bond donors (Lipinski definition) is 1. The van der Waals surface area contributed by atoms with E-state index in [0.717, 1.165) is 49.2 Å². The van der Waals surface area contributed by atoms with Crippen LogP contribution in [-0.2, 0) is 23.1 Å². The average Bonchev–Trinajstić information content (AvgIpc) is 3.22. The van der Waals surface area contributed by atoms with Gasteiger partial charge in [0.1, 0.15) is 0 Å². The first-order chi connectivity index (χ1) is 16.5. The molecule has 1 N–H and O–H groups in total. The summed E-state index contributed by atoms with van der Waals surface area (Å²) in [5.74, 6) is 10.2. The van der Waals surface area contributed by atoms with Gasteiger partial charge in [-0.25, -0.2) is 0 Å². The molecule has 1 saturated heterocycles. The van der Waals surface area contributed by atoms with Gasteiger partial charge in [0, 0.05) is 30.7 Å². The van der Waals surface area contributed by atoms with E-state index in [9.17, 15) is 0 Å². The number of fused-ring (bicyclic) bond motifs is 1. The molecular formula is C30H35N3O. The van der Waals surface area contributed by atoms with E-state index in [-0.39, 0.29) is 5.41 Å². The first-order valence-corrected chi connectivity index (χ1v) is 12.4. The van der Waals surface area contributed by atoms with Gasteiger partial charge in [-0.1, -0.05) is 17.9 Å². The second kappa shape index (κ2) is 10.8. The maximum absolute atomic E-state index is 5.61. The minimum atomic E-state index is -0.364. The largest absolute Gasteiger partial charge is 0.381 e. The lowest BCUT2D eigenvalue weighted by Crippen LogP contribution is -2.16. The first-order valence-electron chi connectivity index (χ1n) is 12.4. The fraction of sp³-hybridized carbons (Fsp3) is 0.433. The van der Waals surface area contributed by atoms with Crippen molar-refractivity contribution in [3.8, 4) is 24.2 Å². The molecule has 1 fully saturated rings. The molecule has 176 valence electrons. The lowest BCUT2D eigenvalue weighted by molar-refractivity contribution is 0.0640. The molecule has 4 heteroatoms. The maximum atomic E-state index is 5.61. The zero-order valence-corrected chi connectivity index (χ0v) is 20.7. The van der Waals surface area contributed by atoms with Crippen LogP contribution in [0.15, 0.2) is 42.6 Å². The van der Waals surface area contributed by atoms with Gasteiger partial charge in [-0.3, -0.25) is 4.98 Å². The molecule has 0 bridgehead atoms. The van der Waals surface area contributed by atoms with E-state index in [1.807, 2.05) is 32.2 Å². The molecule has 3 aromatic rings. The molecule has 34 heavy (non-hydrogen) atoms. The summed E-state index contributed by atoms with van der Waals surface area (Å²) in [5, 5.41) is 4.61. The number of anilines is 1. The number of nitrogens with one attached hydrogen (secondary N) is 1. The third-order valence-electron chi connectivity index (χ3n) is 6.83. The molecule has 0 unspecified atom stereocenters. The van der Waals surface area contributed by atoms with Gasteiger partial charge < -0.3 is 14.6 Å². The Morgan fingerprint density at radius 2 is 2.00 bits per heavy atom. The Balaban J connectivity index is 1.40. The molecule has 0 amide bonds. The Labute approximate surface area is 204 Å². The van der Waals surface area contributed by atoms with Crippen molar-refractivity contribution < 1.29 is 4.74 Å². The smallest absolute Gasteiger partial charge is 0.0931 e. The zero-order chi connectivity index (χ0) is 24.0. The van der Waals surface area contributed by atoms with E-state index in [1.165, 1.54) is 35.7 Å². The molecule has 0 spiro atoms. The molecular weight excluding hydrogens is 418 g/mol. The maximum Gasteiger partial charge on any atom is 0.0931 e. The van der Waals surface area contributed by atoms with Crippen LogP contribution in [0.5, 0.6) is 0 Å². The van der Waals surface area contributed by atoms with Crippen LogP contribution in [-0.4, -0.2) is 29.3 Å². The third-order valence-corrected chi connectivity index (χ3v) is 6.83. The van der Waals surface area contributed by atoms with Crippen LogP contribution in [0.1, 0.15) is 57.0 Å². The standard InChI is InChI=1S/C30H35N3O/c1-5-30(3,4)29-14-12-26(22-32-29)31-17-7-8-27-21-25-20-24(11-13-28(25)33(27)6-2)10-9-23-15-18-34-19-16-23/h1,11-14,20-23,31H,6,9-10,15-19H2,2-4H3. The van der Waals surface area contributed by atoms with Crippen LogP contribution in [0.3, 0.4) is 0 Å². The van der Waals surface area contributed by atoms with Crippen LogP contribution < -0.4 is 5.32 Å². The van der Waals surface area contributed by atoms with Gasteiger partial charge in [0.05, 0.1) is 35.2 Å². The highest BCUT2D eigenvalue weighted by Gasteiger charge is 2.18. The minimum Gasteiger partial charge on any atom is -0.381 e. The summed E-state index contributed by atoms with van der Waals surface area (Å²) in [6.45, 7) is 9.47. The number of terminal acetylenes is 1. The summed E-state index contributed by atoms with van der Waals surface area (Å²) in [4.78, 5) is 4.50. The lowest BCUT2D eigenvalue weighted by atomic mass is 9.90. The van der Waals surface area contributed by atoms with Gasteiger partial charge in [0.25, 0.3) is 0 Å². The van der Waals surface area contributed by atoms with Gasteiger partial charge in [-0.05, 0) is 94.2 Å². The number of benzene rings is 1. The second-order valence-corrected chi connectivity index (χ2v) is 9.62. The summed E-state index contributed by atoms with van der Waals surface area (Å²) in [5.41, 5.74) is 5.20. The minimum absolute atomic E-state index is 0.364. The molecule has 0 saturated carbocycles. The van der Waals surface area contributed by atoms with E-state index < -0.39 is 0 Å². The van der Waals surface area contributed by atoms with E-state index in [2.05, 4.69) is 63.8 Å². The SMILES string of the molecule is C#CC(C)(C)c1ccc(NCC#Cc2cc3cc(CCC4CCOCC4)ccc3n2CC)cn1. The van der Waals surface area contributed by atoms with Crippen molar-refractivity contribution in [1.29, 1.82) is 0 Å². The molecule has 1 aliphatic rings.